The van der Waals surface area contributed by atoms with Crippen molar-refractivity contribution < 1.29 is 9.13 Å². The van der Waals surface area contributed by atoms with Gasteiger partial charge in [-0.2, -0.15) is 0 Å². The molecule has 0 amide bonds. The smallest absolute Gasteiger partial charge is 0.123 e. The summed E-state index contributed by atoms with van der Waals surface area (Å²) in [6.07, 6.45) is 2.93. The molecule has 0 spiro atoms. The predicted octanol–water partition coefficient (Wildman–Crippen LogP) is 4.09. The van der Waals surface area contributed by atoms with E-state index in [1.165, 1.54) is 22.5 Å². The lowest BCUT2D eigenvalue weighted by Crippen LogP contribution is -2.20. The van der Waals surface area contributed by atoms with Crippen molar-refractivity contribution >= 4 is 10.9 Å². The van der Waals surface area contributed by atoms with Gasteiger partial charge in [0, 0.05) is 23.7 Å². The Morgan fingerprint density at radius 2 is 2.10 bits per heavy atom. The molecule has 3 heteroatoms. The monoisotopic (exact) mass is 281 g/mol. The van der Waals surface area contributed by atoms with Gasteiger partial charge in [-0.3, -0.25) is 0 Å². The minimum absolute atomic E-state index is 0.0682. The van der Waals surface area contributed by atoms with Gasteiger partial charge in [-0.1, -0.05) is 11.6 Å². The molecule has 3 aromatic rings. The van der Waals surface area contributed by atoms with Gasteiger partial charge < -0.3 is 9.30 Å². The highest BCUT2D eigenvalue weighted by Gasteiger charge is 2.23. The van der Waals surface area contributed by atoms with Crippen molar-refractivity contribution in [3.8, 4) is 5.75 Å². The molecule has 0 fully saturated rings. The molecule has 1 aromatic heterocycles. The van der Waals surface area contributed by atoms with Gasteiger partial charge in [0.2, 0.25) is 0 Å². The summed E-state index contributed by atoms with van der Waals surface area (Å²) in [7, 11) is 0. The highest BCUT2D eigenvalue weighted by molar-refractivity contribution is 5.80. The maximum atomic E-state index is 13.3. The summed E-state index contributed by atoms with van der Waals surface area (Å²) in [4.78, 5) is 0. The van der Waals surface area contributed by atoms with E-state index in [0.29, 0.717) is 0 Å². The maximum Gasteiger partial charge on any atom is 0.123 e. The molecule has 21 heavy (non-hydrogen) atoms. The molecule has 1 aliphatic heterocycles. The Kier molecular flexibility index (Phi) is 2.74. The number of halogens is 1. The zero-order chi connectivity index (χ0) is 14.4. The lowest BCUT2D eigenvalue weighted by atomic mass is 10.1. The van der Waals surface area contributed by atoms with Crippen LogP contribution in [0.2, 0.25) is 0 Å². The number of rotatable bonds is 2. The van der Waals surface area contributed by atoms with Crippen molar-refractivity contribution in [1.29, 1.82) is 0 Å². The second kappa shape index (κ2) is 4.62. The number of hydrogen-bond acceptors (Lipinski definition) is 1. The van der Waals surface area contributed by atoms with Gasteiger partial charge in [-0.05, 0) is 48.7 Å². The Morgan fingerprint density at radius 3 is 3.00 bits per heavy atom. The summed E-state index contributed by atoms with van der Waals surface area (Å²) in [5.41, 5.74) is 3.44. The molecule has 0 N–H and O–H groups in total. The van der Waals surface area contributed by atoms with Crippen LogP contribution in [0.25, 0.3) is 10.9 Å². The molecule has 2 heterocycles. The summed E-state index contributed by atoms with van der Waals surface area (Å²) >= 11 is 0. The van der Waals surface area contributed by atoms with Crippen molar-refractivity contribution in [1.82, 2.24) is 4.57 Å². The SMILES string of the molecule is Cc1ccc2c(ccn2CC2Cc3cc(F)ccc3O2)c1. The van der Waals surface area contributed by atoms with Crippen LogP contribution in [0.4, 0.5) is 4.39 Å². The van der Waals surface area contributed by atoms with E-state index in [4.69, 9.17) is 4.74 Å². The second-order valence-electron chi connectivity index (χ2n) is 5.73. The fourth-order valence-corrected chi connectivity index (χ4v) is 3.09. The molecule has 1 unspecified atom stereocenters. The molecule has 2 aromatic carbocycles. The molecule has 1 aliphatic rings. The third kappa shape index (κ3) is 2.19. The van der Waals surface area contributed by atoms with Crippen molar-refractivity contribution in [3.05, 3.63) is 65.6 Å². The first-order chi connectivity index (χ1) is 10.2. The molecule has 4 rings (SSSR count). The normalized spacial score (nSPS) is 17.0. The second-order valence-corrected chi connectivity index (χ2v) is 5.73. The van der Waals surface area contributed by atoms with Crippen LogP contribution in [0, 0.1) is 12.7 Å². The molecule has 0 bridgehead atoms. The van der Waals surface area contributed by atoms with Gasteiger partial charge in [0.1, 0.15) is 17.7 Å². The van der Waals surface area contributed by atoms with Crippen LogP contribution in [0.1, 0.15) is 11.1 Å². The third-order valence-corrected chi connectivity index (χ3v) is 4.09. The highest BCUT2D eigenvalue weighted by Crippen LogP contribution is 2.30. The molecule has 0 radical (unpaired) electrons. The molecule has 1 atom stereocenters. The van der Waals surface area contributed by atoms with Gasteiger partial charge >= 0.3 is 0 Å². The minimum atomic E-state index is -0.195. The van der Waals surface area contributed by atoms with E-state index in [9.17, 15) is 4.39 Å². The third-order valence-electron chi connectivity index (χ3n) is 4.09. The van der Waals surface area contributed by atoms with Crippen molar-refractivity contribution in [3.63, 3.8) is 0 Å². The first-order valence-electron chi connectivity index (χ1n) is 7.19. The topological polar surface area (TPSA) is 14.2 Å². The Hall–Kier alpha value is -2.29. The Labute approximate surface area is 122 Å². The lowest BCUT2D eigenvalue weighted by Gasteiger charge is -2.13. The molecule has 2 nitrogen and oxygen atoms in total. The largest absolute Gasteiger partial charge is 0.488 e. The van der Waals surface area contributed by atoms with Crippen molar-refractivity contribution in [2.45, 2.75) is 26.0 Å². The number of benzene rings is 2. The van der Waals surface area contributed by atoms with Crippen LogP contribution in [0.15, 0.2) is 48.7 Å². The number of aromatic nitrogens is 1. The van der Waals surface area contributed by atoms with E-state index < -0.39 is 0 Å². The first-order valence-corrected chi connectivity index (χ1v) is 7.19. The molecule has 0 aliphatic carbocycles. The maximum absolute atomic E-state index is 13.3. The summed E-state index contributed by atoms with van der Waals surface area (Å²) in [5, 5.41) is 1.25. The predicted molar refractivity (Wildman–Crippen MR) is 81.2 cm³/mol. The average Bonchev–Trinajstić information content (AvgIpc) is 3.02. The molecule has 0 saturated carbocycles. The summed E-state index contributed by atoms with van der Waals surface area (Å²) < 4.78 is 21.4. The number of fused-ring (bicyclic) bond motifs is 2. The van der Waals surface area contributed by atoms with E-state index >= 15 is 0 Å². The lowest BCUT2D eigenvalue weighted by molar-refractivity contribution is 0.211. The van der Waals surface area contributed by atoms with E-state index in [0.717, 1.165) is 24.3 Å². The fraction of sp³-hybridized carbons (Fsp3) is 0.222. The van der Waals surface area contributed by atoms with E-state index in [-0.39, 0.29) is 11.9 Å². The van der Waals surface area contributed by atoms with Crippen LogP contribution < -0.4 is 4.74 Å². The van der Waals surface area contributed by atoms with Crippen LogP contribution in [-0.2, 0) is 13.0 Å². The summed E-state index contributed by atoms with van der Waals surface area (Å²) in [6, 6.07) is 13.3. The summed E-state index contributed by atoms with van der Waals surface area (Å²) in [5.74, 6) is 0.619. The Morgan fingerprint density at radius 1 is 1.19 bits per heavy atom. The number of hydrogen-bond donors (Lipinski definition) is 0. The molecular formula is C18H16FNO. The number of aryl methyl sites for hydroxylation is 1. The number of ether oxygens (including phenoxy) is 1. The van der Waals surface area contributed by atoms with E-state index in [1.54, 1.807) is 12.1 Å². The molecule has 0 saturated heterocycles. The van der Waals surface area contributed by atoms with Gasteiger partial charge in [0.05, 0.1) is 6.54 Å². The quantitative estimate of drug-likeness (QED) is 0.690. The van der Waals surface area contributed by atoms with E-state index in [2.05, 4.69) is 42.0 Å². The zero-order valence-electron chi connectivity index (χ0n) is 11.8. The van der Waals surface area contributed by atoms with E-state index in [1.807, 2.05) is 0 Å². The van der Waals surface area contributed by atoms with Crippen molar-refractivity contribution in [2.24, 2.45) is 0 Å². The van der Waals surface area contributed by atoms with Crippen LogP contribution in [0.3, 0.4) is 0 Å². The van der Waals surface area contributed by atoms with Crippen LogP contribution >= 0.6 is 0 Å². The van der Waals surface area contributed by atoms with Crippen molar-refractivity contribution in [2.75, 3.05) is 0 Å². The minimum Gasteiger partial charge on any atom is -0.488 e. The standard InChI is InChI=1S/C18H16FNO/c1-12-2-4-17-13(8-12)6-7-20(17)11-16-10-14-9-15(19)3-5-18(14)21-16/h2-9,16H,10-11H2,1H3. The van der Waals surface area contributed by atoms with Gasteiger partial charge in [0.15, 0.2) is 0 Å². The summed E-state index contributed by atoms with van der Waals surface area (Å²) in [6.45, 7) is 2.88. The fourth-order valence-electron chi connectivity index (χ4n) is 3.09. The zero-order valence-corrected chi connectivity index (χ0v) is 11.8. The average molecular weight is 281 g/mol. The Bertz CT molecular complexity index is 821. The van der Waals surface area contributed by atoms with Gasteiger partial charge in [-0.25, -0.2) is 4.39 Å². The van der Waals surface area contributed by atoms with Crippen LogP contribution in [0.5, 0.6) is 5.75 Å². The number of nitrogens with zero attached hydrogens (tertiary/aromatic N) is 1. The molecular weight excluding hydrogens is 265 g/mol. The molecule has 106 valence electrons. The van der Waals surface area contributed by atoms with Crippen LogP contribution in [-0.4, -0.2) is 10.7 Å². The Balaban J connectivity index is 1.59. The van der Waals surface area contributed by atoms with Gasteiger partial charge in [0.25, 0.3) is 0 Å². The highest BCUT2D eigenvalue weighted by atomic mass is 19.1. The van der Waals surface area contributed by atoms with Gasteiger partial charge in [-0.15, -0.1) is 0 Å². The first kappa shape index (κ1) is 12.5.